The maximum Gasteiger partial charge on any atom is 0.433 e. The normalized spacial score (nSPS) is 17.3. The van der Waals surface area contributed by atoms with Crippen LogP contribution in [0.3, 0.4) is 0 Å². The van der Waals surface area contributed by atoms with E-state index >= 15 is 0 Å². The third kappa shape index (κ3) is 4.10. The fourth-order valence-electron chi connectivity index (χ4n) is 1.97. The largest absolute Gasteiger partial charge is 0.472 e. The van der Waals surface area contributed by atoms with Gasteiger partial charge in [0.1, 0.15) is 11.8 Å². The van der Waals surface area contributed by atoms with Gasteiger partial charge in [-0.2, -0.15) is 17.5 Å². The quantitative estimate of drug-likeness (QED) is 0.798. The zero-order valence-electron chi connectivity index (χ0n) is 12.0. The Bertz CT molecular complexity index is 613. The van der Waals surface area contributed by atoms with Gasteiger partial charge in [-0.05, 0) is 12.5 Å². The lowest BCUT2D eigenvalue weighted by molar-refractivity contribution is -0.141. The molecule has 1 saturated heterocycles. The van der Waals surface area contributed by atoms with Gasteiger partial charge < -0.3 is 4.74 Å². The van der Waals surface area contributed by atoms with Gasteiger partial charge in [-0.3, -0.25) is 0 Å². The minimum absolute atomic E-state index is 0.0814. The van der Waals surface area contributed by atoms with E-state index in [1.807, 2.05) is 6.92 Å². The van der Waals surface area contributed by atoms with Gasteiger partial charge in [0, 0.05) is 6.07 Å². The fraction of sp³-hybridized carbons (Fsp3) is 0.615. The van der Waals surface area contributed by atoms with Crippen molar-refractivity contribution in [1.82, 2.24) is 9.29 Å². The molecule has 2 rings (SSSR count). The second-order valence-corrected chi connectivity index (χ2v) is 7.17. The first-order valence-corrected chi connectivity index (χ1v) is 8.52. The number of nitrogens with zero attached hydrogens (tertiary/aromatic N) is 2. The van der Waals surface area contributed by atoms with Crippen molar-refractivity contribution in [3.63, 3.8) is 0 Å². The van der Waals surface area contributed by atoms with Crippen LogP contribution in [0, 0.1) is 0 Å². The van der Waals surface area contributed by atoms with Crippen LogP contribution < -0.4 is 4.74 Å². The molecule has 0 unspecified atom stereocenters. The highest BCUT2D eigenvalue weighted by Gasteiger charge is 2.37. The van der Waals surface area contributed by atoms with Gasteiger partial charge in [0.15, 0.2) is 0 Å². The van der Waals surface area contributed by atoms with Crippen LogP contribution in [-0.4, -0.2) is 42.7 Å². The molecule has 22 heavy (non-hydrogen) atoms. The van der Waals surface area contributed by atoms with Gasteiger partial charge in [0.05, 0.1) is 18.8 Å². The van der Waals surface area contributed by atoms with Gasteiger partial charge in [0.25, 0.3) is 0 Å². The lowest BCUT2D eigenvalue weighted by Gasteiger charge is -2.37. The Morgan fingerprint density at radius 3 is 2.64 bits per heavy atom. The van der Waals surface area contributed by atoms with E-state index in [9.17, 15) is 21.6 Å². The van der Waals surface area contributed by atoms with Crippen molar-refractivity contribution in [1.29, 1.82) is 0 Å². The number of alkyl halides is 3. The summed E-state index contributed by atoms with van der Waals surface area (Å²) in [6.45, 7) is 2.19. The first-order chi connectivity index (χ1) is 10.2. The summed E-state index contributed by atoms with van der Waals surface area (Å²) in [4.78, 5) is 3.39. The van der Waals surface area contributed by atoms with Crippen molar-refractivity contribution in [3.05, 3.63) is 23.9 Å². The summed E-state index contributed by atoms with van der Waals surface area (Å²) in [5.41, 5.74) is -1.03. The van der Waals surface area contributed by atoms with Crippen LogP contribution in [0.1, 0.15) is 25.5 Å². The summed E-state index contributed by atoms with van der Waals surface area (Å²) in [7, 11) is -3.29. The van der Waals surface area contributed by atoms with Gasteiger partial charge in [-0.25, -0.2) is 13.4 Å². The van der Waals surface area contributed by atoms with Crippen molar-refractivity contribution < 1.29 is 26.3 Å². The van der Waals surface area contributed by atoms with Crippen molar-refractivity contribution in [3.8, 4) is 5.88 Å². The highest BCUT2D eigenvalue weighted by atomic mass is 32.2. The molecule has 1 aliphatic heterocycles. The molecule has 0 spiro atoms. The Kier molecular flexibility index (Phi) is 4.96. The highest BCUT2D eigenvalue weighted by molar-refractivity contribution is 7.89. The average molecular weight is 338 g/mol. The minimum atomic E-state index is -4.53. The number of unbranched alkanes of at least 4 members (excludes halogenated alkanes) is 1. The number of halogens is 3. The van der Waals surface area contributed by atoms with E-state index in [1.54, 1.807) is 0 Å². The third-order valence-corrected chi connectivity index (χ3v) is 5.15. The molecule has 0 atom stereocenters. The number of pyridine rings is 1. The maximum absolute atomic E-state index is 12.5. The van der Waals surface area contributed by atoms with Crippen molar-refractivity contribution in [2.45, 2.75) is 32.0 Å². The molecular weight excluding hydrogens is 321 g/mol. The molecule has 1 aromatic rings. The Labute approximate surface area is 127 Å². The van der Waals surface area contributed by atoms with Gasteiger partial charge in [-0.1, -0.05) is 19.4 Å². The van der Waals surface area contributed by atoms with E-state index in [-0.39, 0.29) is 24.7 Å². The molecule has 5 nitrogen and oxygen atoms in total. The van der Waals surface area contributed by atoms with Gasteiger partial charge in [-0.15, -0.1) is 0 Å². The molecule has 0 amide bonds. The van der Waals surface area contributed by atoms with Crippen LogP contribution in [0.2, 0.25) is 0 Å². The van der Waals surface area contributed by atoms with E-state index in [0.717, 1.165) is 12.5 Å². The fourth-order valence-corrected chi connectivity index (χ4v) is 3.67. The van der Waals surface area contributed by atoms with Crippen LogP contribution in [0.15, 0.2) is 18.2 Å². The molecule has 1 aromatic heterocycles. The second-order valence-electron chi connectivity index (χ2n) is 5.09. The van der Waals surface area contributed by atoms with Crippen molar-refractivity contribution in [2.75, 3.05) is 18.8 Å². The average Bonchev–Trinajstić information content (AvgIpc) is 2.39. The monoisotopic (exact) mass is 338 g/mol. The van der Waals surface area contributed by atoms with Crippen LogP contribution >= 0.6 is 0 Å². The molecule has 1 fully saturated rings. The van der Waals surface area contributed by atoms with E-state index in [0.29, 0.717) is 6.42 Å². The summed E-state index contributed by atoms with van der Waals surface area (Å²) in [6, 6.07) is 3.39. The number of rotatable bonds is 6. The molecule has 124 valence electrons. The SMILES string of the molecule is CCCCS(=O)(=O)N1CC(Oc2cccc(C(F)(F)F)n2)C1. The predicted octanol–water partition coefficient (Wildman–Crippen LogP) is 2.29. The summed E-state index contributed by atoms with van der Waals surface area (Å²) in [5.74, 6) is -0.0664. The minimum Gasteiger partial charge on any atom is -0.472 e. The Balaban J connectivity index is 1.91. The van der Waals surface area contributed by atoms with Crippen LogP contribution in [-0.2, 0) is 16.2 Å². The standard InChI is InChI=1S/C13H17F3N2O3S/c1-2-3-7-22(19,20)18-8-10(9-18)21-12-6-4-5-11(17-12)13(14,15)16/h4-6,10H,2-3,7-9H2,1H3. The number of ether oxygens (including phenoxy) is 1. The van der Waals surface area contributed by atoms with Crippen molar-refractivity contribution in [2.24, 2.45) is 0 Å². The highest BCUT2D eigenvalue weighted by Crippen LogP contribution is 2.29. The molecule has 0 radical (unpaired) electrons. The van der Waals surface area contributed by atoms with E-state index < -0.39 is 28.0 Å². The molecular formula is C13H17F3N2O3S. The molecule has 0 bridgehead atoms. The molecule has 9 heteroatoms. The van der Waals surface area contributed by atoms with E-state index in [4.69, 9.17) is 4.74 Å². The second kappa shape index (κ2) is 6.41. The molecule has 0 saturated carbocycles. The molecule has 0 aromatic carbocycles. The number of hydrogen-bond donors (Lipinski definition) is 0. The lowest BCUT2D eigenvalue weighted by Crippen LogP contribution is -2.56. The Morgan fingerprint density at radius 1 is 1.36 bits per heavy atom. The third-order valence-electron chi connectivity index (χ3n) is 3.27. The van der Waals surface area contributed by atoms with E-state index in [2.05, 4.69) is 4.98 Å². The van der Waals surface area contributed by atoms with Crippen LogP contribution in [0.25, 0.3) is 0 Å². The number of hydrogen-bond acceptors (Lipinski definition) is 4. The van der Waals surface area contributed by atoms with Crippen LogP contribution in [0.4, 0.5) is 13.2 Å². The zero-order chi connectivity index (χ0) is 16.4. The molecule has 0 N–H and O–H groups in total. The summed E-state index contributed by atoms with van der Waals surface area (Å²) >= 11 is 0. The molecule has 1 aliphatic rings. The topological polar surface area (TPSA) is 59.5 Å². The summed E-state index contributed by atoms with van der Waals surface area (Å²) in [6.07, 6.45) is -3.64. The summed E-state index contributed by atoms with van der Waals surface area (Å²) in [5, 5.41) is 0. The van der Waals surface area contributed by atoms with Crippen LogP contribution in [0.5, 0.6) is 5.88 Å². The maximum atomic E-state index is 12.5. The number of aromatic nitrogens is 1. The number of sulfonamides is 1. The zero-order valence-corrected chi connectivity index (χ0v) is 12.8. The first-order valence-electron chi connectivity index (χ1n) is 6.91. The van der Waals surface area contributed by atoms with E-state index in [1.165, 1.54) is 16.4 Å². The molecule has 2 heterocycles. The Morgan fingerprint density at radius 2 is 2.05 bits per heavy atom. The summed E-state index contributed by atoms with van der Waals surface area (Å²) < 4.78 is 67.9. The first kappa shape index (κ1) is 17.0. The predicted molar refractivity (Wildman–Crippen MR) is 73.9 cm³/mol. The smallest absolute Gasteiger partial charge is 0.433 e. The van der Waals surface area contributed by atoms with Gasteiger partial charge in [0.2, 0.25) is 15.9 Å². The van der Waals surface area contributed by atoms with Gasteiger partial charge >= 0.3 is 6.18 Å². The Hall–Kier alpha value is -1.35. The molecule has 0 aliphatic carbocycles. The van der Waals surface area contributed by atoms with Crippen molar-refractivity contribution >= 4 is 10.0 Å². The lowest BCUT2D eigenvalue weighted by atomic mass is 10.2.